The van der Waals surface area contributed by atoms with Crippen molar-refractivity contribution in [1.82, 2.24) is 39.8 Å². The number of aliphatic hydroxyl groups is 1. The molecule has 3 aliphatic rings. The second-order valence-electron chi connectivity index (χ2n) is 19.9. The van der Waals surface area contributed by atoms with E-state index in [1.807, 2.05) is 87.3 Å². The van der Waals surface area contributed by atoms with Gasteiger partial charge < -0.3 is 38.6 Å². The molecule has 7 aromatic rings. The largest absolute Gasteiger partial charge is 0.474 e. The Hall–Kier alpha value is -6.41. The Labute approximate surface area is 424 Å². The number of benzene rings is 2. The Morgan fingerprint density at radius 2 is 1.67 bits per heavy atom. The third kappa shape index (κ3) is 10.7. The van der Waals surface area contributed by atoms with E-state index < -0.39 is 41.8 Å². The summed E-state index contributed by atoms with van der Waals surface area (Å²) in [6, 6.07) is 17.0. The predicted molar refractivity (Wildman–Crippen MR) is 269 cm³/mol. The number of thiazole rings is 1. The number of hydrogen-bond acceptors (Lipinski definition) is 13. The number of pyridine rings is 2. The van der Waals surface area contributed by atoms with Gasteiger partial charge in [0.15, 0.2) is 5.76 Å². The van der Waals surface area contributed by atoms with Crippen LogP contribution in [0.3, 0.4) is 0 Å². The fourth-order valence-electron chi connectivity index (χ4n) is 10.4. The van der Waals surface area contributed by atoms with Crippen LogP contribution in [-0.4, -0.2) is 115 Å². The average molecular weight is 1020 g/mol. The minimum Gasteiger partial charge on any atom is -0.474 e. The van der Waals surface area contributed by atoms with Crippen molar-refractivity contribution in [2.24, 2.45) is 13.0 Å². The summed E-state index contributed by atoms with van der Waals surface area (Å²) in [5, 5.41) is 19.8. The summed E-state index contributed by atoms with van der Waals surface area (Å²) in [6.07, 6.45) is 1.56. The maximum atomic E-state index is 14.4. The van der Waals surface area contributed by atoms with Crippen LogP contribution in [-0.2, 0) is 27.5 Å². The number of ether oxygens (including phenoxy) is 3. The number of piperidine rings is 1. The van der Waals surface area contributed by atoms with Gasteiger partial charge in [0.2, 0.25) is 17.7 Å². The van der Waals surface area contributed by atoms with Crippen LogP contribution in [0.2, 0.25) is 0 Å². The number of halogens is 3. The molecule has 7 heterocycles. The quantitative estimate of drug-likeness (QED) is 0.0942. The number of aromatic nitrogens is 5. The average Bonchev–Trinajstić information content (AvgIpc) is 4.17. The highest BCUT2D eigenvalue weighted by atomic mass is 32.1. The Kier molecular flexibility index (Phi) is 14.3. The van der Waals surface area contributed by atoms with E-state index >= 15 is 0 Å². The molecule has 0 spiro atoms. The normalized spacial score (nSPS) is 20.7. The van der Waals surface area contributed by atoms with Crippen molar-refractivity contribution in [3.05, 3.63) is 107 Å². The lowest BCUT2D eigenvalue weighted by molar-refractivity contribution is -0.142. The van der Waals surface area contributed by atoms with Crippen LogP contribution < -0.4 is 14.8 Å². The van der Waals surface area contributed by atoms with Gasteiger partial charge in [0.05, 0.1) is 46.0 Å². The summed E-state index contributed by atoms with van der Waals surface area (Å²) >= 11 is 1.58. The van der Waals surface area contributed by atoms with Gasteiger partial charge in [-0.2, -0.15) is 13.2 Å². The van der Waals surface area contributed by atoms with Gasteiger partial charge >= 0.3 is 6.18 Å². The van der Waals surface area contributed by atoms with E-state index in [0.29, 0.717) is 42.9 Å². The molecule has 1 saturated carbocycles. The first-order valence-corrected chi connectivity index (χ1v) is 25.8. The molecule has 2 saturated heterocycles. The molecule has 3 fully saturated rings. The van der Waals surface area contributed by atoms with E-state index in [9.17, 15) is 27.9 Å². The monoisotopic (exact) mass is 1020 g/mol. The lowest BCUT2D eigenvalue weighted by atomic mass is 9.91. The summed E-state index contributed by atoms with van der Waals surface area (Å²) in [5.74, 6) is -1.49. The second kappa shape index (κ2) is 20.8. The van der Waals surface area contributed by atoms with Crippen molar-refractivity contribution < 1.29 is 46.6 Å². The number of alkyl halides is 3. The third-order valence-corrected chi connectivity index (χ3v) is 15.6. The number of amides is 2. The molecule has 15 nitrogen and oxygen atoms in total. The highest BCUT2D eigenvalue weighted by Gasteiger charge is 2.44. The van der Waals surface area contributed by atoms with Crippen LogP contribution in [0.15, 0.2) is 89.3 Å². The number of β-amino-alcohol motifs (C(OH)–C–C–N with tert-alkyl or cyclic N) is 1. The molecule has 2 N–H and O–H groups in total. The zero-order valence-corrected chi connectivity index (χ0v) is 42.2. The van der Waals surface area contributed by atoms with Gasteiger partial charge in [0.1, 0.15) is 30.2 Å². The van der Waals surface area contributed by atoms with Gasteiger partial charge in [-0.1, -0.05) is 50.2 Å². The van der Waals surface area contributed by atoms with Gasteiger partial charge in [-0.15, -0.1) is 11.3 Å². The molecule has 73 heavy (non-hydrogen) atoms. The van der Waals surface area contributed by atoms with Crippen LogP contribution in [0.4, 0.5) is 13.2 Å². The number of aliphatic hydroxyl groups excluding tert-OH is 1. The first kappa shape index (κ1) is 50.1. The van der Waals surface area contributed by atoms with Crippen molar-refractivity contribution in [2.45, 2.75) is 108 Å². The number of aryl methyl sites for hydroxylation is 2. The lowest BCUT2D eigenvalue weighted by Crippen LogP contribution is -2.48. The SMILES string of the molecule is Cc1ncsc1-c1ccc([C@H](C)NC(=O)[C@@H]2C[C@@H](O)CN2C(=O)[C@H](c2cc(OCCN3CCC(OC4CC(Oc5ncc(-c6ccc7c8cnccc8n(C)c7c6)cc5C(F)(F)F)C4)CC3)no2)C(C)C)cc1. The molecule has 384 valence electrons. The van der Waals surface area contributed by atoms with E-state index in [2.05, 4.69) is 30.3 Å². The molecular formula is C54H59F3N8O7S. The van der Waals surface area contributed by atoms with Crippen molar-refractivity contribution in [3.8, 4) is 33.3 Å². The van der Waals surface area contributed by atoms with Crippen LogP contribution in [0.5, 0.6) is 11.8 Å². The number of carbonyl (C=O) groups excluding carboxylic acids is 2. The number of likely N-dealkylation sites (tertiary alicyclic amines) is 2. The standard InChI is InChI=1S/C54H59F3N8O7S/c1-30(2)49(53(68)65-28-37(66)22-46(65)51(67)61-31(3)33-6-8-34(9-7-33)50-32(4)60-29-73-50)47-25-48(62-72-47)69-19-18-64-16-13-38(14-17-64)70-39-23-40(24-39)71-52-43(54(55,56)57)20-36(26-59-52)35-10-11-41-42-27-58-15-12-44(42)63(5)45(41)21-35/h6-12,15,20-21,25-27,29-31,37-40,46,49,66H,13-14,16-19,22-24,28H2,1-5H3,(H,61,67)/t31-,37+,39?,40?,46-,49-/m0/s1. The maximum Gasteiger partial charge on any atom is 0.421 e. The molecule has 0 bridgehead atoms. The van der Waals surface area contributed by atoms with Crippen LogP contribution in [0, 0.1) is 12.8 Å². The summed E-state index contributed by atoms with van der Waals surface area (Å²) in [5.41, 5.74) is 6.67. The van der Waals surface area contributed by atoms with E-state index in [4.69, 9.17) is 18.7 Å². The summed E-state index contributed by atoms with van der Waals surface area (Å²) in [7, 11) is 1.92. The predicted octanol–water partition coefficient (Wildman–Crippen LogP) is 9.28. The smallest absolute Gasteiger partial charge is 0.421 e. The highest BCUT2D eigenvalue weighted by molar-refractivity contribution is 7.13. The van der Waals surface area contributed by atoms with Crippen molar-refractivity contribution in [1.29, 1.82) is 0 Å². The fraction of sp³-hybridized carbons (Fsp3) is 0.444. The number of rotatable bonds is 16. The summed E-state index contributed by atoms with van der Waals surface area (Å²) in [4.78, 5) is 45.5. The van der Waals surface area contributed by atoms with Gasteiger partial charge in [-0.25, -0.2) is 9.97 Å². The van der Waals surface area contributed by atoms with Gasteiger partial charge in [-0.05, 0) is 72.7 Å². The highest BCUT2D eigenvalue weighted by Crippen LogP contribution is 2.41. The Morgan fingerprint density at radius 1 is 0.904 bits per heavy atom. The number of carbonyl (C=O) groups is 2. The van der Waals surface area contributed by atoms with Crippen LogP contribution >= 0.6 is 11.3 Å². The fourth-order valence-corrected chi connectivity index (χ4v) is 11.3. The molecule has 2 aromatic carbocycles. The van der Waals surface area contributed by atoms with Gasteiger partial charge in [-0.3, -0.25) is 19.5 Å². The minimum atomic E-state index is -4.66. The molecule has 19 heteroatoms. The molecule has 10 rings (SSSR count). The van der Waals surface area contributed by atoms with E-state index in [1.165, 1.54) is 11.1 Å². The van der Waals surface area contributed by atoms with Crippen molar-refractivity contribution >= 4 is 45.0 Å². The number of fused-ring (bicyclic) bond motifs is 3. The van der Waals surface area contributed by atoms with Crippen LogP contribution in [0.25, 0.3) is 43.4 Å². The molecule has 2 aliphatic heterocycles. The Bertz CT molecular complexity index is 3090. The lowest BCUT2D eigenvalue weighted by Gasteiger charge is -2.39. The molecule has 2 amide bonds. The van der Waals surface area contributed by atoms with Crippen molar-refractivity contribution in [2.75, 3.05) is 32.8 Å². The first-order chi connectivity index (χ1) is 35.1. The van der Waals surface area contributed by atoms with Gasteiger partial charge in [0, 0.05) is 99.0 Å². The number of nitrogens with zero attached hydrogens (tertiary/aromatic N) is 7. The van der Waals surface area contributed by atoms with E-state index in [1.54, 1.807) is 35.9 Å². The van der Waals surface area contributed by atoms with E-state index in [0.717, 1.165) is 75.5 Å². The summed E-state index contributed by atoms with van der Waals surface area (Å²) < 4.78 is 69.2. The van der Waals surface area contributed by atoms with Crippen molar-refractivity contribution in [3.63, 3.8) is 0 Å². The topological polar surface area (TPSA) is 170 Å². The van der Waals surface area contributed by atoms with E-state index in [-0.39, 0.29) is 54.8 Å². The molecule has 0 unspecified atom stereocenters. The first-order valence-electron chi connectivity index (χ1n) is 24.9. The number of hydrogen-bond donors (Lipinski definition) is 2. The number of nitrogens with one attached hydrogen (secondary N) is 1. The molecule has 4 atom stereocenters. The Morgan fingerprint density at radius 3 is 2.40 bits per heavy atom. The van der Waals surface area contributed by atoms with Crippen LogP contribution in [0.1, 0.15) is 87.4 Å². The summed E-state index contributed by atoms with van der Waals surface area (Å²) in [6.45, 7) is 10.2. The zero-order valence-electron chi connectivity index (χ0n) is 41.3. The molecule has 5 aromatic heterocycles. The Balaban J connectivity index is 0.666. The second-order valence-corrected chi connectivity index (χ2v) is 20.8. The minimum absolute atomic E-state index is 0.0210. The molecular weight excluding hydrogens is 962 g/mol. The third-order valence-electron chi connectivity index (χ3n) is 14.6. The van der Waals surface area contributed by atoms with Gasteiger partial charge in [0.25, 0.3) is 5.88 Å². The molecule has 0 radical (unpaired) electrons. The maximum absolute atomic E-state index is 14.4. The molecule has 1 aliphatic carbocycles. The zero-order chi connectivity index (χ0) is 51.1.